The first-order chi connectivity index (χ1) is 8.69. The van der Waals surface area contributed by atoms with Crippen LogP contribution in [0.1, 0.15) is 13.8 Å². The molecule has 19 heavy (non-hydrogen) atoms. The third-order valence-electron chi connectivity index (χ3n) is 2.74. The summed E-state index contributed by atoms with van der Waals surface area (Å²) in [6, 6.07) is 4.40. The smallest absolute Gasteiger partial charge is 0.209 e. The number of benzene rings is 1. The summed E-state index contributed by atoms with van der Waals surface area (Å²) in [5.74, 6) is -0.352. The molecule has 0 saturated heterocycles. The largest absolute Gasteiger partial charge is 0.493 e. The number of ether oxygens (including phenoxy) is 1. The van der Waals surface area contributed by atoms with Gasteiger partial charge in [0.25, 0.3) is 0 Å². The molecular formula is C12H17BrFNO3S. The van der Waals surface area contributed by atoms with Crippen molar-refractivity contribution in [1.82, 2.24) is 0 Å². The maximum Gasteiger partial charge on any atom is 0.209 e. The average Bonchev–Trinajstić information content (AvgIpc) is 2.27. The van der Waals surface area contributed by atoms with Gasteiger partial charge in [-0.1, -0.05) is 13.8 Å². The molecule has 0 fully saturated rings. The molecule has 0 aliphatic carbocycles. The van der Waals surface area contributed by atoms with Gasteiger partial charge in [0.2, 0.25) is 10.0 Å². The Hall–Kier alpha value is -0.660. The third kappa shape index (κ3) is 5.88. The number of primary sulfonamides is 1. The van der Waals surface area contributed by atoms with E-state index in [1.165, 1.54) is 12.1 Å². The quantitative estimate of drug-likeness (QED) is 0.854. The van der Waals surface area contributed by atoms with Crippen LogP contribution >= 0.6 is 15.9 Å². The van der Waals surface area contributed by atoms with E-state index in [2.05, 4.69) is 15.9 Å². The Balaban J connectivity index is 2.68. The predicted molar refractivity (Wildman–Crippen MR) is 75.9 cm³/mol. The summed E-state index contributed by atoms with van der Waals surface area (Å²) in [5, 5.41) is 5.04. The van der Waals surface area contributed by atoms with E-state index in [1.807, 2.05) is 13.8 Å². The van der Waals surface area contributed by atoms with Gasteiger partial charge >= 0.3 is 0 Å². The molecule has 1 unspecified atom stereocenters. The lowest BCUT2D eigenvalue weighted by molar-refractivity contribution is 0.224. The number of hydrogen-bond acceptors (Lipinski definition) is 3. The van der Waals surface area contributed by atoms with Gasteiger partial charge in [0.1, 0.15) is 11.6 Å². The van der Waals surface area contributed by atoms with Gasteiger partial charge in [0, 0.05) is 12.0 Å². The Kier molecular flexibility index (Phi) is 5.76. The number of rotatable bonds is 6. The molecule has 108 valence electrons. The van der Waals surface area contributed by atoms with E-state index in [9.17, 15) is 12.8 Å². The molecule has 4 nitrogen and oxygen atoms in total. The number of hydrogen-bond donors (Lipinski definition) is 1. The lowest BCUT2D eigenvalue weighted by atomic mass is 9.99. The van der Waals surface area contributed by atoms with Crippen LogP contribution < -0.4 is 9.88 Å². The van der Waals surface area contributed by atoms with Crippen LogP contribution in [0.15, 0.2) is 22.7 Å². The number of sulfonamides is 1. The second kappa shape index (κ2) is 6.67. The molecule has 0 spiro atoms. The van der Waals surface area contributed by atoms with Crippen LogP contribution in [0.25, 0.3) is 0 Å². The van der Waals surface area contributed by atoms with Crippen molar-refractivity contribution in [2.75, 3.05) is 12.4 Å². The van der Waals surface area contributed by atoms with Gasteiger partial charge in [-0.05, 0) is 34.0 Å². The molecule has 0 aliphatic heterocycles. The van der Waals surface area contributed by atoms with Gasteiger partial charge in [-0.25, -0.2) is 17.9 Å². The minimum atomic E-state index is -3.55. The van der Waals surface area contributed by atoms with E-state index in [4.69, 9.17) is 9.88 Å². The maximum absolute atomic E-state index is 13.3. The predicted octanol–water partition coefficient (Wildman–Crippen LogP) is 2.53. The molecular weight excluding hydrogens is 337 g/mol. The fourth-order valence-electron chi connectivity index (χ4n) is 1.50. The highest BCUT2D eigenvalue weighted by atomic mass is 79.9. The summed E-state index contributed by atoms with van der Waals surface area (Å²) in [7, 11) is -3.55. The highest BCUT2D eigenvalue weighted by molar-refractivity contribution is 9.10. The Morgan fingerprint density at radius 3 is 2.53 bits per heavy atom. The molecule has 0 saturated carbocycles. The summed E-state index contributed by atoms with van der Waals surface area (Å²) in [6.45, 7) is 3.96. The van der Waals surface area contributed by atoms with Crippen LogP contribution in [0.3, 0.4) is 0 Å². The first kappa shape index (κ1) is 16.4. The molecule has 1 atom stereocenters. The maximum atomic E-state index is 13.3. The first-order valence-electron chi connectivity index (χ1n) is 5.77. The van der Waals surface area contributed by atoms with Gasteiger partial charge < -0.3 is 4.74 Å². The zero-order valence-corrected chi connectivity index (χ0v) is 13.2. The van der Waals surface area contributed by atoms with Crippen molar-refractivity contribution in [2.24, 2.45) is 17.0 Å². The van der Waals surface area contributed by atoms with Gasteiger partial charge in [0.05, 0.1) is 16.8 Å². The van der Waals surface area contributed by atoms with Crippen molar-refractivity contribution >= 4 is 26.0 Å². The Morgan fingerprint density at radius 2 is 2.05 bits per heavy atom. The Bertz CT molecular complexity index is 534. The lowest BCUT2D eigenvalue weighted by Crippen LogP contribution is -2.30. The Labute approximate surface area is 121 Å². The van der Waals surface area contributed by atoms with Crippen molar-refractivity contribution < 1.29 is 17.5 Å². The van der Waals surface area contributed by atoms with Crippen molar-refractivity contribution in [2.45, 2.75) is 13.8 Å². The summed E-state index contributed by atoms with van der Waals surface area (Å²) in [6.07, 6.45) is 0. The summed E-state index contributed by atoms with van der Waals surface area (Å²) >= 11 is 3.05. The molecule has 0 amide bonds. The fraction of sp³-hybridized carbons (Fsp3) is 0.500. The second-order valence-electron chi connectivity index (χ2n) is 4.72. The minimum absolute atomic E-state index is 0.0959. The standard InChI is InChI=1S/C12H17BrFNO3S/c1-8(2)9(7-19(15,16)17)6-18-10-3-4-11(13)12(14)5-10/h3-5,8-9H,6-7H2,1-2H3,(H2,15,16,17). The molecule has 1 rings (SSSR count). The SMILES string of the molecule is CC(C)C(COc1ccc(Br)c(F)c1)CS(N)(=O)=O. The molecule has 0 heterocycles. The molecule has 2 N–H and O–H groups in total. The highest BCUT2D eigenvalue weighted by Crippen LogP contribution is 2.22. The van der Waals surface area contributed by atoms with Crippen molar-refractivity contribution in [3.05, 3.63) is 28.5 Å². The van der Waals surface area contributed by atoms with Gasteiger partial charge in [-0.3, -0.25) is 0 Å². The van der Waals surface area contributed by atoms with Crippen LogP contribution in [0, 0.1) is 17.7 Å². The minimum Gasteiger partial charge on any atom is -0.493 e. The average molecular weight is 354 g/mol. The summed E-state index contributed by atoms with van der Waals surface area (Å²) in [4.78, 5) is 0. The first-order valence-corrected chi connectivity index (χ1v) is 8.28. The van der Waals surface area contributed by atoms with Crippen LogP contribution in [0.5, 0.6) is 5.75 Å². The van der Waals surface area contributed by atoms with Gasteiger partial charge in [-0.2, -0.15) is 0 Å². The topological polar surface area (TPSA) is 69.4 Å². The molecule has 0 aliphatic rings. The molecule has 0 radical (unpaired) electrons. The van der Waals surface area contributed by atoms with E-state index >= 15 is 0 Å². The highest BCUT2D eigenvalue weighted by Gasteiger charge is 2.20. The van der Waals surface area contributed by atoms with E-state index in [0.717, 1.165) is 0 Å². The van der Waals surface area contributed by atoms with Crippen molar-refractivity contribution in [1.29, 1.82) is 0 Å². The zero-order valence-electron chi connectivity index (χ0n) is 10.8. The molecule has 0 aromatic heterocycles. The number of nitrogens with two attached hydrogens (primary N) is 1. The van der Waals surface area contributed by atoms with Crippen LogP contribution in [0.2, 0.25) is 0 Å². The van der Waals surface area contributed by atoms with Crippen molar-refractivity contribution in [3.63, 3.8) is 0 Å². The normalized spacial score (nSPS) is 13.6. The second-order valence-corrected chi connectivity index (χ2v) is 7.23. The van der Waals surface area contributed by atoms with Crippen LogP contribution in [-0.4, -0.2) is 20.8 Å². The summed E-state index contributed by atoms with van der Waals surface area (Å²) < 4.78 is 41.3. The van der Waals surface area contributed by atoms with Crippen LogP contribution in [0.4, 0.5) is 4.39 Å². The molecule has 7 heteroatoms. The third-order valence-corrected chi connectivity index (χ3v) is 4.28. The zero-order chi connectivity index (χ0) is 14.6. The molecule has 0 bridgehead atoms. The summed E-state index contributed by atoms with van der Waals surface area (Å²) in [5.41, 5.74) is 0. The van der Waals surface area contributed by atoms with Crippen LogP contribution in [-0.2, 0) is 10.0 Å². The van der Waals surface area contributed by atoms with E-state index in [0.29, 0.717) is 10.2 Å². The van der Waals surface area contributed by atoms with Gasteiger partial charge in [0.15, 0.2) is 0 Å². The number of halogens is 2. The van der Waals surface area contributed by atoms with E-state index < -0.39 is 15.8 Å². The van der Waals surface area contributed by atoms with Crippen molar-refractivity contribution in [3.8, 4) is 5.75 Å². The lowest BCUT2D eigenvalue weighted by Gasteiger charge is -2.20. The molecule has 1 aromatic carbocycles. The fourth-order valence-corrected chi connectivity index (χ4v) is 2.83. The Morgan fingerprint density at radius 1 is 1.42 bits per heavy atom. The molecule has 1 aromatic rings. The van der Waals surface area contributed by atoms with E-state index in [-0.39, 0.29) is 24.2 Å². The van der Waals surface area contributed by atoms with E-state index in [1.54, 1.807) is 6.07 Å². The monoisotopic (exact) mass is 353 g/mol. The van der Waals surface area contributed by atoms with Gasteiger partial charge in [-0.15, -0.1) is 0 Å².